The van der Waals surface area contributed by atoms with Crippen LogP contribution in [0.2, 0.25) is 0 Å². The van der Waals surface area contributed by atoms with E-state index in [1.165, 1.54) is 19.4 Å². The van der Waals surface area contributed by atoms with Crippen molar-refractivity contribution in [3.8, 4) is 0 Å². The monoisotopic (exact) mass is 214 g/mol. The average Bonchev–Trinajstić information content (AvgIpc) is 2.63. The van der Waals surface area contributed by atoms with E-state index in [0.717, 1.165) is 32.3 Å². The summed E-state index contributed by atoms with van der Waals surface area (Å²) in [5, 5.41) is 3.53. The van der Waals surface area contributed by atoms with Crippen molar-refractivity contribution in [2.24, 2.45) is 0 Å². The fourth-order valence-corrected chi connectivity index (χ4v) is 2.12. The van der Waals surface area contributed by atoms with Crippen LogP contribution in [0, 0.1) is 0 Å². The first-order valence-corrected chi connectivity index (χ1v) is 6.29. The van der Waals surface area contributed by atoms with Gasteiger partial charge in [0, 0.05) is 31.8 Å². The Balaban J connectivity index is 2.17. The van der Waals surface area contributed by atoms with Gasteiger partial charge in [-0.15, -0.1) is 0 Å². The van der Waals surface area contributed by atoms with Crippen LogP contribution in [0.25, 0.3) is 0 Å². The van der Waals surface area contributed by atoms with E-state index in [1.807, 2.05) is 0 Å². The van der Waals surface area contributed by atoms with Crippen molar-refractivity contribution in [1.29, 1.82) is 0 Å². The number of nitrogens with zero attached hydrogens (tertiary/aromatic N) is 1. The first kappa shape index (κ1) is 12.9. The first-order valence-electron chi connectivity index (χ1n) is 6.29. The maximum Gasteiger partial charge on any atom is 0.0593 e. The van der Waals surface area contributed by atoms with E-state index < -0.39 is 0 Å². The molecule has 0 radical (unpaired) electrons. The lowest BCUT2D eigenvalue weighted by atomic mass is 10.2. The van der Waals surface area contributed by atoms with Gasteiger partial charge in [0.2, 0.25) is 0 Å². The third kappa shape index (κ3) is 4.96. The third-order valence-corrected chi connectivity index (χ3v) is 2.99. The fraction of sp³-hybridized carbons (Fsp3) is 1.00. The van der Waals surface area contributed by atoms with E-state index in [4.69, 9.17) is 4.74 Å². The van der Waals surface area contributed by atoms with Gasteiger partial charge >= 0.3 is 0 Å². The van der Waals surface area contributed by atoms with Gasteiger partial charge in [0.1, 0.15) is 0 Å². The van der Waals surface area contributed by atoms with Gasteiger partial charge in [-0.05, 0) is 26.3 Å². The topological polar surface area (TPSA) is 24.5 Å². The molecule has 90 valence electrons. The van der Waals surface area contributed by atoms with E-state index >= 15 is 0 Å². The lowest BCUT2D eigenvalue weighted by Gasteiger charge is -2.25. The molecule has 1 rings (SSSR count). The molecule has 0 aromatic carbocycles. The molecule has 1 fully saturated rings. The summed E-state index contributed by atoms with van der Waals surface area (Å²) in [6.45, 7) is 11.7. The van der Waals surface area contributed by atoms with Gasteiger partial charge in [-0.1, -0.05) is 13.8 Å². The number of likely N-dealkylation sites (tertiary alicyclic amines) is 1. The molecule has 0 amide bonds. The fourth-order valence-electron chi connectivity index (χ4n) is 2.12. The predicted octanol–water partition coefficient (Wildman–Crippen LogP) is 1.49. The van der Waals surface area contributed by atoms with Crippen LogP contribution in [-0.4, -0.2) is 49.8 Å². The van der Waals surface area contributed by atoms with Crippen LogP contribution in [0.1, 0.15) is 33.6 Å². The van der Waals surface area contributed by atoms with Crippen LogP contribution >= 0.6 is 0 Å². The Morgan fingerprint density at radius 1 is 1.47 bits per heavy atom. The Morgan fingerprint density at radius 2 is 2.27 bits per heavy atom. The second kappa shape index (κ2) is 7.20. The highest BCUT2D eigenvalue weighted by molar-refractivity contribution is 4.81. The van der Waals surface area contributed by atoms with E-state index in [-0.39, 0.29) is 0 Å². The minimum absolute atomic E-state index is 0.597. The first-order chi connectivity index (χ1) is 7.24. The van der Waals surface area contributed by atoms with Crippen molar-refractivity contribution in [2.75, 3.05) is 32.8 Å². The molecule has 3 nitrogen and oxygen atoms in total. The van der Waals surface area contributed by atoms with Crippen LogP contribution in [0.3, 0.4) is 0 Å². The summed E-state index contributed by atoms with van der Waals surface area (Å²) in [5.74, 6) is 0. The van der Waals surface area contributed by atoms with Crippen molar-refractivity contribution < 1.29 is 4.74 Å². The molecule has 0 aromatic rings. The molecule has 0 aliphatic carbocycles. The molecular weight excluding hydrogens is 188 g/mol. The zero-order valence-electron chi connectivity index (χ0n) is 10.5. The molecule has 15 heavy (non-hydrogen) atoms. The maximum atomic E-state index is 5.41. The molecule has 1 saturated heterocycles. The van der Waals surface area contributed by atoms with Gasteiger partial charge in [0.25, 0.3) is 0 Å². The number of rotatable bonds is 7. The van der Waals surface area contributed by atoms with E-state index in [9.17, 15) is 0 Å². The summed E-state index contributed by atoms with van der Waals surface area (Å²) in [6.07, 6.45) is 2.68. The highest BCUT2D eigenvalue weighted by Gasteiger charge is 2.23. The molecule has 1 heterocycles. The molecule has 1 atom stereocenters. The molecule has 1 aliphatic heterocycles. The second-order valence-electron chi connectivity index (χ2n) is 4.59. The Bertz CT molecular complexity index is 162. The standard InChI is InChI=1S/C12H26N2O/c1-4-15-9-8-14-7-5-6-12(14)10-13-11(2)3/h11-13H,4-10H2,1-3H3. The quantitative estimate of drug-likeness (QED) is 0.650. The van der Waals surface area contributed by atoms with Crippen LogP contribution in [0.15, 0.2) is 0 Å². The molecule has 1 aliphatic rings. The summed E-state index contributed by atoms with van der Waals surface area (Å²) in [7, 11) is 0. The van der Waals surface area contributed by atoms with E-state index in [0.29, 0.717) is 6.04 Å². The van der Waals surface area contributed by atoms with Crippen LogP contribution in [-0.2, 0) is 4.74 Å². The normalized spacial score (nSPS) is 22.8. The highest BCUT2D eigenvalue weighted by Crippen LogP contribution is 2.15. The van der Waals surface area contributed by atoms with Crippen molar-refractivity contribution in [1.82, 2.24) is 10.2 Å². The number of hydrogen-bond acceptors (Lipinski definition) is 3. The lowest BCUT2D eigenvalue weighted by Crippen LogP contribution is -2.41. The Hall–Kier alpha value is -0.120. The van der Waals surface area contributed by atoms with Crippen LogP contribution in [0.5, 0.6) is 0 Å². The SMILES string of the molecule is CCOCCN1CCCC1CNC(C)C. The Labute approximate surface area is 94.2 Å². The zero-order chi connectivity index (χ0) is 11.1. The minimum Gasteiger partial charge on any atom is -0.380 e. The molecule has 0 aromatic heterocycles. The molecular formula is C12H26N2O. The van der Waals surface area contributed by atoms with E-state index in [1.54, 1.807) is 0 Å². The van der Waals surface area contributed by atoms with Crippen molar-refractivity contribution >= 4 is 0 Å². The van der Waals surface area contributed by atoms with Crippen LogP contribution in [0.4, 0.5) is 0 Å². The summed E-state index contributed by atoms with van der Waals surface area (Å²) in [5.41, 5.74) is 0. The number of ether oxygens (including phenoxy) is 1. The van der Waals surface area contributed by atoms with Crippen LogP contribution < -0.4 is 5.32 Å². The van der Waals surface area contributed by atoms with Gasteiger partial charge in [-0.2, -0.15) is 0 Å². The maximum absolute atomic E-state index is 5.41. The Morgan fingerprint density at radius 3 is 2.93 bits per heavy atom. The summed E-state index contributed by atoms with van der Waals surface area (Å²) in [4.78, 5) is 2.56. The number of hydrogen-bond donors (Lipinski definition) is 1. The summed E-state index contributed by atoms with van der Waals surface area (Å²) in [6, 6.07) is 1.33. The third-order valence-electron chi connectivity index (χ3n) is 2.99. The number of nitrogens with one attached hydrogen (secondary N) is 1. The van der Waals surface area contributed by atoms with Gasteiger partial charge in [0.15, 0.2) is 0 Å². The molecule has 3 heteroatoms. The second-order valence-corrected chi connectivity index (χ2v) is 4.59. The van der Waals surface area contributed by atoms with E-state index in [2.05, 4.69) is 31.0 Å². The molecule has 0 bridgehead atoms. The molecule has 0 saturated carbocycles. The minimum atomic E-state index is 0.597. The largest absolute Gasteiger partial charge is 0.380 e. The van der Waals surface area contributed by atoms with Gasteiger partial charge < -0.3 is 10.1 Å². The molecule has 1 N–H and O–H groups in total. The van der Waals surface area contributed by atoms with Crippen molar-refractivity contribution in [2.45, 2.75) is 45.7 Å². The molecule has 0 spiro atoms. The van der Waals surface area contributed by atoms with Gasteiger partial charge in [0.05, 0.1) is 6.61 Å². The lowest BCUT2D eigenvalue weighted by molar-refractivity contribution is 0.108. The average molecular weight is 214 g/mol. The highest BCUT2D eigenvalue weighted by atomic mass is 16.5. The summed E-state index contributed by atoms with van der Waals surface area (Å²) < 4.78 is 5.41. The molecule has 1 unspecified atom stereocenters. The summed E-state index contributed by atoms with van der Waals surface area (Å²) >= 11 is 0. The zero-order valence-corrected chi connectivity index (χ0v) is 10.5. The van der Waals surface area contributed by atoms with Gasteiger partial charge in [-0.3, -0.25) is 4.90 Å². The Kier molecular flexibility index (Phi) is 6.22. The van der Waals surface area contributed by atoms with Crippen molar-refractivity contribution in [3.05, 3.63) is 0 Å². The van der Waals surface area contributed by atoms with Gasteiger partial charge in [-0.25, -0.2) is 0 Å². The van der Waals surface area contributed by atoms with Crippen molar-refractivity contribution in [3.63, 3.8) is 0 Å². The smallest absolute Gasteiger partial charge is 0.0593 e. The predicted molar refractivity (Wildman–Crippen MR) is 64.2 cm³/mol.